The van der Waals surface area contributed by atoms with Gasteiger partial charge in [-0.1, -0.05) is 6.07 Å². The average Bonchev–Trinajstić information content (AvgIpc) is 3.33. The second-order valence-electron chi connectivity index (χ2n) is 7.67. The van der Waals surface area contributed by atoms with Gasteiger partial charge in [0.25, 0.3) is 0 Å². The van der Waals surface area contributed by atoms with Crippen LogP contribution >= 0.6 is 0 Å². The molecule has 0 N–H and O–H groups in total. The number of amides is 1. The van der Waals surface area contributed by atoms with E-state index >= 15 is 0 Å². The molecule has 1 amide bonds. The van der Waals surface area contributed by atoms with Crippen LogP contribution in [0, 0.1) is 11.3 Å². The van der Waals surface area contributed by atoms with Gasteiger partial charge in [-0.3, -0.25) is 13.9 Å². The van der Waals surface area contributed by atoms with Crippen LogP contribution in [-0.2, 0) is 11.8 Å². The van der Waals surface area contributed by atoms with Gasteiger partial charge in [-0.25, -0.2) is 19.3 Å². The normalized spacial score (nSPS) is 16.6. The highest BCUT2D eigenvalue weighted by molar-refractivity contribution is 5.80. The van der Waals surface area contributed by atoms with Crippen molar-refractivity contribution in [1.82, 2.24) is 33.6 Å². The van der Waals surface area contributed by atoms with Crippen molar-refractivity contribution in [3.05, 3.63) is 47.3 Å². The first kappa shape index (κ1) is 19.0. The monoisotopic (exact) mass is 416 g/mol. The third-order valence-corrected chi connectivity index (χ3v) is 5.84. The molecule has 0 aromatic carbocycles. The first-order chi connectivity index (χ1) is 15.1. The lowest BCUT2D eigenvalue weighted by atomic mass is 10.1. The standard InChI is InChI=1S/C21H20N8O2/c1-26-17-12-23-19(15-11-24-28-10-3-2-6-16(15)28)25-20(17)29(21(26)31)14-5-4-9-27(13-14)18(30)7-8-22/h2-3,6,10-12,14H,4-5,7,9,13H2,1H3. The van der Waals surface area contributed by atoms with Crippen LogP contribution in [-0.4, -0.2) is 52.6 Å². The van der Waals surface area contributed by atoms with Crippen LogP contribution in [0.1, 0.15) is 25.3 Å². The number of nitrogens with zero attached hydrogens (tertiary/aromatic N) is 8. The summed E-state index contributed by atoms with van der Waals surface area (Å²) in [6.07, 6.45) is 6.58. The predicted octanol–water partition coefficient (Wildman–Crippen LogP) is 1.52. The molecule has 1 atom stereocenters. The Balaban J connectivity index is 1.61. The van der Waals surface area contributed by atoms with Crippen molar-refractivity contribution < 1.29 is 4.79 Å². The summed E-state index contributed by atoms with van der Waals surface area (Å²) in [6.45, 7) is 0.981. The molecule has 1 unspecified atom stereocenters. The highest BCUT2D eigenvalue weighted by Crippen LogP contribution is 2.26. The molecule has 0 aliphatic carbocycles. The summed E-state index contributed by atoms with van der Waals surface area (Å²) >= 11 is 0. The maximum Gasteiger partial charge on any atom is 0.330 e. The Bertz CT molecular complexity index is 1410. The first-order valence-corrected chi connectivity index (χ1v) is 10.1. The molecule has 4 aromatic heterocycles. The SMILES string of the molecule is Cn1c(=O)n(C2CCCN(C(=O)CC#N)C2)c2nc(-c3cnn4ccccc34)ncc21. The average molecular weight is 416 g/mol. The van der Waals surface area contributed by atoms with Gasteiger partial charge in [0.15, 0.2) is 11.5 Å². The topological polar surface area (TPSA) is 114 Å². The lowest BCUT2D eigenvalue weighted by molar-refractivity contribution is -0.131. The van der Waals surface area contributed by atoms with Crippen molar-refractivity contribution >= 4 is 22.6 Å². The number of hydrogen-bond acceptors (Lipinski definition) is 6. The van der Waals surface area contributed by atoms with Gasteiger partial charge >= 0.3 is 5.69 Å². The fraction of sp³-hybridized carbons (Fsp3) is 0.333. The summed E-state index contributed by atoms with van der Waals surface area (Å²) in [5.41, 5.74) is 2.62. The van der Waals surface area contributed by atoms with Crippen LogP contribution in [0.15, 0.2) is 41.6 Å². The molecule has 0 saturated carbocycles. The van der Waals surface area contributed by atoms with Crippen LogP contribution in [0.2, 0.25) is 0 Å². The third-order valence-electron chi connectivity index (χ3n) is 5.84. The Labute approximate surface area is 177 Å². The Morgan fingerprint density at radius 2 is 2.16 bits per heavy atom. The maximum atomic E-state index is 13.1. The molecule has 1 aliphatic rings. The van der Waals surface area contributed by atoms with Crippen LogP contribution in [0.5, 0.6) is 0 Å². The number of aromatic nitrogens is 6. The molecule has 1 fully saturated rings. The van der Waals surface area contributed by atoms with Gasteiger partial charge in [0.05, 0.1) is 35.6 Å². The van der Waals surface area contributed by atoms with Gasteiger partial charge in [-0.05, 0) is 25.0 Å². The quantitative estimate of drug-likeness (QED) is 0.500. The number of carbonyl (C=O) groups is 1. The molecule has 5 rings (SSSR count). The van der Waals surface area contributed by atoms with Gasteiger partial charge in [-0.15, -0.1) is 0 Å². The van der Waals surface area contributed by atoms with E-state index in [9.17, 15) is 9.59 Å². The van der Waals surface area contributed by atoms with Crippen LogP contribution in [0.4, 0.5) is 0 Å². The number of pyridine rings is 1. The van der Waals surface area contributed by atoms with Gasteiger partial charge in [0.1, 0.15) is 11.9 Å². The Morgan fingerprint density at radius 1 is 1.29 bits per heavy atom. The lowest BCUT2D eigenvalue weighted by Gasteiger charge is -2.32. The van der Waals surface area contributed by atoms with Crippen molar-refractivity contribution in [2.24, 2.45) is 7.05 Å². The van der Waals surface area contributed by atoms with E-state index in [1.54, 1.807) is 33.4 Å². The van der Waals surface area contributed by atoms with Crippen LogP contribution in [0.3, 0.4) is 0 Å². The lowest BCUT2D eigenvalue weighted by Crippen LogP contribution is -2.42. The zero-order valence-electron chi connectivity index (χ0n) is 17.0. The number of nitriles is 1. The van der Waals surface area contributed by atoms with Crippen molar-refractivity contribution in [2.45, 2.75) is 25.3 Å². The molecule has 1 aliphatic heterocycles. The number of likely N-dealkylation sites (tertiary alicyclic amines) is 1. The Hall–Kier alpha value is -4.00. The van der Waals surface area contributed by atoms with Gasteiger partial charge in [0, 0.05) is 26.3 Å². The van der Waals surface area contributed by atoms with Crippen molar-refractivity contribution in [3.63, 3.8) is 0 Å². The second kappa shape index (κ2) is 7.36. The van der Waals surface area contributed by atoms with E-state index < -0.39 is 0 Å². The Kier molecular flexibility index (Phi) is 4.51. The van der Waals surface area contributed by atoms with Gasteiger partial charge in [0.2, 0.25) is 5.91 Å². The molecule has 10 nitrogen and oxygen atoms in total. The van der Waals surface area contributed by atoms with E-state index in [0.29, 0.717) is 30.1 Å². The minimum atomic E-state index is -0.209. The summed E-state index contributed by atoms with van der Waals surface area (Å²) in [6, 6.07) is 7.46. The van der Waals surface area contributed by atoms with Crippen LogP contribution < -0.4 is 5.69 Å². The highest BCUT2D eigenvalue weighted by atomic mass is 16.2. The van der Waals surface area contributed by atoms with E-state index in [-0.39, 0.29) is 24.1 Å². The molecule has 0 spiro atoms. The minimum Gasteiger partial charge on any atom is -0.340 e. The molecule has 10 heteroatoms. The second-order valence-corrected chi connectivity index (χ2v) is 7.67. The van der Waals surface area contributed by atoms with E-state index in [2.05, 4.69) is 10.1 Å². The first-order valence-electron chi connectivity index (χ1n) is 10.1. The number of carbonyl (C=O) groups excluding carboxylic acids is 1. The molecule has 31 heavy (non-hydrogen) atoms. The largest absolute Gasteiger partial charge is 0.340 e. The number of fused-ring (bicyclic) bond motifs is 2. The maximum absolute atomic E-state index is 13.1. The summed E-state index contributed by atoms with van der Waals surface area (Å²) in [5.74, 6) is 0.281. The number of rotatable bonds is 3. The molecule has 156 valence electrons. The molecule has 0 bridgehead atoms. The summed E-state index contributed by atoms with van der Waals surface area (Å²) in [5, 5.41) is 13.2. The van der Waals surface area contributed by atoms with Crippen molar-refractivity contribution in [1.29, 1.82) is 5.26 Å². The number of aryl methyl sites for hydroxylation is 1. The van der Waals surface area contributed by atoms with Crippen LogP contribution in [0.25, 0.3) is 28.1 Å². The number of piperidine rings is 1. The highest BCUT2D eigenvalue weighted by Gasteiger charge is 2.28. The molecule has 0 radical (unpaired) electrons. The van der Waals surface area contributed by atoms with E-state index in [4.69, 9.17) is 10.2 Å². The van der Waals surface area contributed by atoms with Gasteiger partial charge in [-0.2, -0.15) is 10.4 Å². The summed E-state index contributed by atoms with van der Waals surface area (Å²) in [7, 11) is 1.70. The van der Waals surface area contributed by atoms with Crippen molar-refractivity contribution in [2.75, 3.05) is 13.1 Å². The van der Waals surface area contributed by atoms with E-state index in [1.165, 1.54) is 4.57 Å². The summed E-state index contributed by atoms with van der Waals surface area (Å²) in [4.78, 5) is 36.2. The zero-order valence-corrected chi connectivity index (χ0v) is 17.0. The number of imidazole rings is 1. The fourth-order valence-electron chi connectivity index (χ4n) is 4.27. The molecular weight excluding hydrogens is 396 g/mol. The van der Waals surface area contributed by atoms with E-state index in [0.717, 1.165) is 23.9 Å². The molecule has 4 aromatic rings. The predicted molar refractivity (Wildman–Crippen MR) is 112 cm³/mol. The minimum absolute atomic E-state index is 0.155. The molecular formula is C21H20N8O2. The van der Waals surface area contributed by atoms with Crippen molar-refractivity contribution in [3.8, 4) is 17.5 Å². The molecule has 1 saturated heterocycles. The fourth-order valence-corrected chi connectivity index (χ4v) is 4.27. The zero-order chi connectivity index (χ0) is 21.5. The summed E-state index contributed by atoms with van der Waals surface area (Å²) < 4.78 is 4.95. The third kappa shape index (κ3) is 3.06. The van der Waals surface area contributed by atoms with Gasteiger partial charge < -0.3 is 4.90 Å². The molecule has 5 heterocycles. The smallest absolute Gasteiger partial charge is 0.330 e. The number of hydrogen-bond donors (Lipinski definition) is 0. The van der Waals surface area contributed by atoms with E-state index in [1.807, 2.05) is 30.5 Å². The Morgan fingerprint density at radius 3 is 3.00 bits per heavy atom.